The highest BCUT2D eigenvalue weighted by atomic mass is 19.1. The van der Waals surface area contributed by atoms with E-state index in [0.29, 0.717) is 11.0 Å². The molecule has 0 spiro atoms. The minimum Gasteiger partial charge on any atom is -0.465 e. The zero-order chi connectivity index (χ0) is 18.3. The summed E-state index contributed by atoms with van der Waals surface area (Å²) in [5.74, 6) is -0.632. The van der Waals surface area contributed by atoms with E-state index in [2.05, 4.69) is 0 Å². The molecule has 2 rings (SSSR count). The smallest absolute Gasteiger partial charge is 0.465 e. The number of likely N-dealkylation sites (N-methyl/N-ethyl adjacent to an activating group) is 1. The molecule has 1 aromatic rings. The summed E-state index contributed by atoms with van der Waals surface area (Å²) in [6.45, 7) is 9.81. The molecule has 0 bridgehead atoms. The summed E-state index contributed by atoms with van der Waals surface area (Å²) in [6.07, 6.45) is -1.03. The summed E-state index contributed by atoms with van der Waals surface area (Å²) in [6, 6.07) is 4.86. The highest BCUT2D eigenvalue weighted by Gasteiger charge is 2.51. The molecule has 0 radical (unpaired) electrons. The van der Waals surface area contributed by atoms with Crippen LogP contribution in [0, 0.1) is 5.82 Å². The molecule has 1 aliphatic heterocycles. The van der Waals surface area contributed by atoms with E-state index >= 15 is 0 Å². The van der Waals surface area contributed by atoms with E-state index in [9.17, 15) is 9.18 Å². The van der Waals surface area contributed by atoms with Crippen molar-refractivity contribution >= 4 is 18.7 Å². The molecule has 1 aliphatic rings. The molecule has 0 saturated carbocycles. The fourth-order valence-electron chi connectivity index (χ4n) is 2.66. The molecule has 1 heterocycles. The topological polar surface area (TPSA) is 59.0 Å². The zero-order valence-electron chi connectivity index (χ0n) is 15.1. The molecule has 5 nitrogen and oxygen atoms in total. The van der Waals surface area contributed by atoms with Crippen LogP contribution in [0.1, 0.15) is 46.1 Å². The number of rotatable bonds is 4. The first-order valence-electron chi connectivity index (χ1n) is 8.03. The molecule has 1 fully saturated rings. The van der Waals surface area contributed by atoms with Crippen LogP contribution in [-0.4, -0.2) is 48.0 Å². The lowest BCUT2D eigenvalue weighted by Gasteiger charge is -2.32. The van der Waals surface area contributed by atoms with Crippen molar-refractivity contribution in [3.05, 3.63) is 29.6 Å². The lowest BCUT2D eigenvalue weighted by molar-refractivity contribution is 0.00578. The highest BCUT2D eigenvalue weighted by molar-refractivity contribution is 6.62. The highest BCUT2D eigenvalue weighted by Crippen LogP contribution is 2.36. The monoisotopic (exact) mass is 337 g/mol. The number of carbonyl (C=O) groups is 1. The molecule has 1 atom stereocenters. The van der Waals surface area contributed by atoms with Gasteiger partial charge >= 0.3 is 13.2 Å². The Hall–Kier alpha value is -1.60. The number of carboxylic acid groups (broad SMARTS) is 1. The third kappa shape index (κ3) is 3.57. The van der Waals surface area contributed by atoms with E-state index in [1.807, 2.05) is 27.7 Å². The van der Waals surface area contributed by atoms with Gasteiger partial charge in [0.05, 0.1) is 11.2 Å². The molecule has 1 N–H and O–H groups in total. The van der Waals surface area contributed by atoms with Crippen molar-refractivity contribution in [2.24, 2.45) is 0 Å². The van der Waals surface area contributed by atoms with Crippen molar-refractivity contribution in [3.63, 3.8) is 0 Å². The predicted molar refractivity (Wildman–Crippen MR) is 91.2 cm³/mol. The van der Waals surface area contributed by atoms with Gasteiger partial charge < -0.3 is 19.3 Å². The first kappa shape index (κ1) is 18.7. The SMILES string of the molecule is CC(CN(C)C(=O)O)c1ccc(B2OC(C)(C)C(C)(C)O2)cc1F. The van der Waals surface area contributed by atoms with Gasteiger partial charge in [0.25, 0.3) is 0 Å². The van der Waals surface area contributed by atoms with E-state index in [-0.39, 0.29) is 18.3 Å². The van der Waals surface area contributed by atoms with Crippen LogP contribution in [0.4, 0.5) is 9.18 Å². The molecule has 1 aromatic carbocycles. The molecule has 1 saturated heterocycles. The van der Waals surface area contributed by atoms with Crippen LogP contribution in [0.2, 0.25) is 0 Å². The molecule has 0 aromatic heterocycles. The van der Waals surface area contributed by atoms with Gasteiger partial charge in [0.1, 0.15) is 5.82 Å². The first-order chi connectivity index (χ1) is 10.9. The Balaban J connectivity index is 2.17. The standard InChI is InChI=1S/C17H25BFNO4/c1-11(10-20(6)15(21)22)13-8-7-12(9-14(13)19)18-23-16(2,3)17(4,5)24-18/h7-9,11H,10H2,1-6H3,(H,21,22). The summed E-state index contributed by atoms with van der Waals surface area (Å²) < 4.78 is 26.4. The Labute approximate surface area is 142 Å². The lowest BCUT2D eigenvalue weighted by Crippen LogP contribution is -2.41. The fraction of sp³-hybridized carbons (Fsp3) is 0.588. The fourth-order valence-corrected chi connectivity index (χ4v) is 2.66. The maximum atomic E-state index is 14.5. The Morgan fingerprint density at radius 1 is 1.29 bits per heavy atom. The van der Waals surface area contributed by atoms with Gasteiger partial charge in [-0.3, -0.25) is 0 Å². The number of hydrogen-bond donors (Lipinski definition) is 1. The van der Waals surface area contributed by atoms with Gasteiger partial charge in [-0.2, -0.15) is 0 Å². The van der Waals surface area contributed by atoms with Crippen molar-refractivity contribution in [2.75, 3.05) is 13.6 Å². The van der Waals surface area contributed by atoms with Crippen LogP contribution >= 0.6 is 0 Å². The number of amides is 1. The van der Waals surface area contributed by atoms with Gasteiger partial charge in [-0.1, -0.05) is 19.1 Å². The van der Waals surface area contributed by atoms with Crippen molar-refractivity contribution in [3.8, 4) is 0 Å². The summed E-state index contributed by atoms with van der Waals surface area (Å²) >= 11 is 0. The number of nitrogens with zero attached hydrogens (tertiary/aromatic N) is 1. The summed E-state index contributed by atoms with van der Waals surface area (Å²) in [5.41, 5.74) is 0.131. The third-order valence-electron chi connectivity index (χ3n) is 4.96. The van der Waals surface area contributed by atoms with Crippen molar-refractivity contribution in [1.29, 1.82) is 0 Å². The van der Waals surface area contributed by atoms with Crippen LogP contribution in [-0.2, 0) is 9.31 Å². The van der Waals surface area contributed by atoms with E-state index < -0.39 is 24.4 Å². The second-order valence-corrected chi connectivity index (χ2v) is 7.43. The van der Waals surface area contributed by atoms with Gasteiger partial charge in [-0.05, 0) is 44.8 Å². The Morgan fingerprint density at radius 3 is 2.29 bits per heavy atom. The van der Waals surface area contributed by atoms with Gasteiger partial charge in [-0.15, -0.1) is 0 Å². The summed E-state index contributed by atoms with van der Waals surface area (Å²) in [4.78, 5) is 12.0. The van der Waals surface area contributed by atoms with Gasteiger partial charge in [0, 0.05) is 19.5 Å². The third-order valence-corrected chi connectivity index (χ3v) is 4.96. The Kier molecular flexibility index (Phi) is 4.97. The lowest BCUT2D eigenvalue weighted by atomic mass is 9.78. The van der Waals surface area contributed by atoms with Crippen LogP contribution < -0.4 is 5.46 Å². The molecule has 24 heavy (non-hydrogen) atoms. The van der Waals surface area contributed by atoms with Gasteiger partial charge in [0.2, 0.25) is 0 Å². The molecular formula is C17H25BFNO4. The minimum atomic E-state index is -1.03. The largest absolute Gasteiger partial charge is 0.494 e. The predicted octanol–water partition coefficient (Wildman–Crippen LogP) is 2.84. The number of benzene rings is 1. The van der Waals surface area contributed by atoms with Gasteiger partial charge in [-0.25, -0.2) is 9.18 Å². The van der Waals surface area contributed by atoms with Crippen molar-refractivity contribution < 1.29 is 23.6 Å². The van der Waals surface area contributed by atoms with Crippen LogP contribution in [0.15, 0.2) is 18.2 Å². The van der Waals surface area contributed by atoms with E-state index in [1.165, 1.54) is 13.1 Å². The molecule has 132 valence electrons. The Bertz CT molecular complexity index is 619. The van der Waals surface area contributed by atoms with E-state index in [1.54, 1.807) is 19.1 Å². The summed E-state index contributed by atoms with van der Waals surface area (Å²) in [7, 11) is 0.853. The van der Waals surface area contributed by atoms with E-state index in [4.69, 9.17) is 14.4 Å². The van der Waals surface area contributed by atoms with Crippen molar-refractivity contribution in [2.45, 2.75) is 51.7 Å². The molecule has 1 amide bonds. The van der Waals surface area contributed by atoms with Crippen molar-refractivity contribution in [1.82, 2.24) is 4.90 Å². The first-order valence-corrected chi connectivity index (χ1v) is 8.03. The quantitative estimate of drug-likeness (QED) is 0.859. The van der Waals surface area contributed by atoms with E-state index in [0.717, 1.165) is 4.90 Å². The normalized spacial score (nSPS) is 20.0. The second kappa shape index (κ2) is 6.37. The van der Waals surface area contributed by atoms with Crippen LogP contribution in [0.3, 0.4) is 0 Å². The van der Waals surface area contributed by atoms with Gasteiger partial charge in [0.15, 0.2) is 0 Å². The average Bonchev–Trinajstić information content (AvgIpc) is 2.66. The number of halogens is 1. The Morgan fingerprint density at radius 2 is 1.83 bits per heavy atom. The summed E-state index contributed by atoms with van der Waals surface area (Å²) in [5, 5.41) is 8.93. The molecule has 7 heteroatoms. The molecule has 0 aliphatic carbocycles. The minimum absolute atomic E-state index is 0.224. The molecule has 1 unspecified atom stereocenters. The average molecular weight is 337 g/mol. The maximum absolute atomic E-state index is 14.5. The molecular weight excluding hydrogens is 312 g/mol. The second-order valence-electron chi connectivity index (χ2n) is 7.43. The maximum Gasteiger partial charge on any atom is 0.494 e. The zero-order valence-corrected chi connectivity index (χ0v) is 15.1. The number of hydrogen-bond acceptors (Lipinski definition) is 3. The van der Waals surface area contributed by atoms with Crippen LogP contribution in [0.5, 0.6) is 0 Å². The van der Waals surface area contributed by atoms with Crippen LogP contribution in [0.25, 0.3) is 0 Å².